The zero-order chi connectivity index (χ0) is 11.3. The minimum Gasteiger partial charge on any atom is -0.389 e. The molecule has 0 aromatic carbocycles. The third-order valence-corrected chi connectivity index (χ3v) is 4.02. The molecule has 0 atom stereocenters. The molecule has 0 radical (unpaired) electrons. The van der Waals surface area contributed by atoms with E-state index in [0.29, 0.717) is 0 Å². The van der Waals surface area contributed by atoms with Crippen LogP contribution in [0.1, 0.15) is 57.8 Å². The van der Waals surface area contributed by atoms with Crippen molar-refractivity contribution in [3.05, 3.63) is 0 Å². The lowest BCUT2D eigenvalue weighted by Gasteiger charge is -2.33. The number of piperidine rings is 1. The molecule has 1 saturated carbocycles. The normalized spacial score (nSPS) is 27.6. The lowest BCUT2D eigenvalue weighted by molar-refractivity contribution is 0.000102. The molecule has 16 heavy (non-hydrogen) atoms. The SMILES string of the molecule is OC1(CNN2CCCCC2)CCCCCC1. The first-order valence-corrected chi connectivity index (χ1v) is 6.99. The van der Waals surface area contributed by atoms with Gasteiger partial charge in [-0.15, -0.1) is 0 Å². The van der Waals surface area contributed by atoms with E-state index in [-0.39, 0.29) is 0 Å². The Balaban J connectivity index is 1.73. The Labute approximate surface area is 99.2 Å². The van der Waals surface area contributed by atoms with E-state index in [1.807, 2.05) is 0 Å². The first-order valence-electron chi connectivity index (χ1n) is 6.99. The molecule has 0 aromatic rings. The highest BCUT2D eigenvalue weighted by atomic mass is 16.3. The molecular formula is C13H26N2O. The van der Waals surface area contributed by atoms with Crippen LogP contribution in [0.25, 0.3) is 0 Å². The van der Waals surface area contributed by atoms with Crippen molar-refractivity contribution in [2.24, 2.45) is 0 Å². The summed E-state index contributed by atoms with van der Waals surface area (Å²) in [4.78, 5) is 0. The van der Waals surface area contributed by atoms with Crippen LogP contribution in [0.3, 0.4) is 0 Å². The van der Waals surface area contributed by atoms with Gasteiger partial charge in [-0.25, -0.2) is 5.01 Å². The molecule has 2 aliphatic rings. The van der Waals surface area contributed by atoms with Crippen molar-refractivity contribution in [2.75, 3.05) is 19.6 Å². The van der Waals surface area contributed by atoms with Crippen molar-refractivity contribution < 1.29 is 5.11 Å². The van der Waals surface area contributed by atoms with Crippen molar-refractivity contribution in [1.29, 1.82) is 0 Å². The molecule has 3 nitrogen and oxygen atoms in total. The quantitative estimate of drug-likeness (QED) is 0.723. The maximum atomic E-state index is 10.5. The molecular weight excluding hydrogens is 200 g/mol. The van der Waals surface area contributed by atoms with Crippen molar-refractivity contribution in [1.82, 2.24) is 10.4 Å². The number of hydrogen-bond acceptors (Lipinski definition) is 3. The molecule has 94 valence electrons. The number of nitrogens with one attached hydrogen (secondary N) is 1. The second-order valence-electron chi connectivity index (χ2n) is 5.52. The van der Waals surface area contributed by atoms with Gasteiger partial charge in [-0.3, -0.25) is 5.43 Å². The number of rotatable bonds is 3. The molecule has 0 amide bonds. The predicted molar refractivity (Wildman–Crippen MR) is 66.1 cm³/mol. The Morgan fingerprint density at radius 3 is 2.06 bits per heavy atom. The van der Waals surface area contributed by atoms with E-state index >= 15 is 0 Å². The van der Waals surface area contributed by atoms with Gasteiger partial charge in [0.15, 0.2) is 0 Å². The Morgan fingerprint density at radius 2 is 1.44 bits per heavy atom. The van der Waals surface area contributed by atoms with Crippen LogP contribution >= 0.6 is 0 Å². The van der Waals surface area contributed by atoms with Crippen molar-refractivity contribution in [3.63, 3.8) is 0 Å². The molecule has 0 unspecified atom stereocenters. The highest BCUT2D eigenvalue weighted by Gasteiger charge is 2.28. The molecule has 2 N–H and O–H groups in total. The number of nitrogens with zero attached hydrogens (tertiary/aromatic N) is 1. The fraction of sp³-hybridized carbons (Fsp3) is 1.00. The van der Waals surface area contributed by atoms with Crippen LogP contribution in [0.4, 0.5) is 0 Å². The van der Waals surface area contributed by atoms with Gasteiger partial charge >= 0.3 is 0 Å². The third kappa shape index (κ3) is 3.72. The molecule has 1 aliphatic heterocycles. The Hall–Kier alpha value is -0.120. The summed E-state index contributed by atoms with van der Waals surface area (Å²) in [6, 6.07) is 0. The molecule has 0 bridgehead atoms. The lowest BCUT2D eigenvalue weighted by atomic mass is 9.95. The average molecular weight is 226 g/mol. The Kier molecular flexibility index (Phi) is 4.62. The fourth-order valence-electron chi connectivity index (χ4n) is 2.87. The maximum Gasteiger partial charge on any atom is 0.0785 e. The largest absolute Gasteiger partial charge is 0.389 e. The van der Waals surface area contributed by atoms with Crippen LogP contribution in [0.2, 0.25) is 0 Å². The average Bonchev–Trinajstić information content (AvgIpc) is 2.54. The predicted octanol–water partition coefficient (Wildman–Crippen LogP) is 2.06. The number of hydrogen-bond donors (Lipinski definition) is 2. The summed E-state index contributed by atoms with van der Waals surface area (Å²) in [5.41, 5.74) is 3.01. The van der Waals surface area contributed by atoms with E-state index in [9.17, 15) is 5.11 Å². The van der Waals surface area contributed by atoms with Crippen molar-refractivity contribution in [3.8, 4) is 0 Å². The van der Waals surface area contributed by atoms with Gasteiger partial charge in [0.2, 0.25) is 0 Å². The number of hydrazine groups is 1. The molecule has 0 spiro atoms. The van der Waals surface area contributed by atoms with Gasteiger partial charge in [0, 0.05) is 19.6 Å². The topological polar surface area (TPSA) is 35.5 Å². The van der Waals surface area contributed by atoms with Gasteiger partial charge in [-0.05, 0) is 25.7 Å². The molecule has 1 saturated heterocycles. The smallest absolute Gasteiger partial charge is 0.0785 e. The van der Waals surface area contributed by atoms with Crippen LogP contribution < -0.4 is 5.43 Å². The van der Waals surface area contributed by atoms with Gasteiger partial charge in [0.05, 0.1) is 5.60 Å². The van der Waals surface area contributed by atoms with E-state index < -0.39 is 5.60 Å². The summed E-state index contributed by atoms with van der Waals surface area (Å²) in [5.74, 6) is 0. The van der Waals surface area contributed by atoms with Gasteiger partial charge < -0.3 is 5.11 Å². The van der Waals surface area contributed by atoms with E-state index in [0.717, 1.165) is 32.5 Å². The molecule has 3 heteroatoms. The van der Waals surface area contributed by atoms with Crippen LogP contribution in [-0.2, 0) is 0 Å². The minimum absolute atomic E-state index is 0.437. The summed E-state index contributed by atoms with van der Waals surface area (Å²) >= 11 is 0. The van der Waals surface area contributed by atoms with Crippen molar-refractivity contribution in [2.45, 2.75) is 63.4 Å². The zero-order valence-electron chi connectivity index (χ0n) is 10.4. The third-order valence-electron chi connectivity index (χ3n) is 4.02. The van der Waals surface area contributed by atoms with Gasteiger partial charge in [0.1, 0.15) is 0 Å². The lowest BCUT2D eigenvalue weighted by Crippen LogP contribution is -2.49. The number of aliphatic hydroxyl groups is 1. The molecule has 2 rings (SSSR count). The van der Waals surface area contributed by atoms with E-state index in [1.54, 1.807) is 0 Å². The highest BCUT2D eigenvalue weighted by Crippen LogP contribution is 2.26. The minimum atomic E-state index is -0.437. The van der Waals surface area contributed by atoms with E-state index in [4.69, 9.17) is 0 Å². The van der Waals surface area contributed by atoms with Crippen molar-refractivity contribution >= 4 is 0 Å². The van der Waals surface area contributed by atoms with Crippen LogP contribution in [0.15, 0.2) is 0 Å². The maximum absolute atomic E-state index is 10.5. The van der Waals surface area contributed by atoms with Crippen LogP contribution in [0, 0.1) is 0 Å². The van der Waals surface area contributed by atoms with E-state index in [2.05, 4.69) is 10.4 Å². The van der Waals surface area contributed by atoms with Crippen LogP contribution in [-0.4, -0.2) is 35.4 Å². The highest BCUT2D eigenvalue weighted by molar-refractivity contribution is 4.83. The van der Waals surface area contributed by atoms with Gasteiger partial charge in [-0.2, -0.15) is 0 Å². The summed E-state index contributed by atoms with van der Waals surface area (Å²) in [7, 11) is 0. The zero-order valence-corrected chi connectivity index (χ0v) is 10.4. The fourth-order valence-corrected chi connectivity index (χ4v) is 2.87. The molecule has 1 aliphatic carbocycles. The first-order chi connectivity index (χ1) is 7.79. The monoisotopic (exact) mass is 226 g/mol. The molecule has 0 aromatic heterocycles. The van der Waals surface area contributed by atoms with Crippen LogP contribution in [0.5, 0.6) is 0 Å². The Morgan fingerprint density at radius 1 is 0.875 bits per heavy atom. The molecule has 1 heterocycles. The van der Waals surface area contributed by atoms with E-state index in [1.165, 1.54) is 44.9 Å². The first kappa shape index (κ1) is 12.3. The summed E-state index contributed by atoms with van der Waals surface area (Å²) in [5, 5.41) is 12.8. The summed E-state index contributed by atoms with van der Waals surface area (Å²) in [6.07, 6.45) is 10.9. The van der Waals surface area contributed by atoms with Gasteiger partial charge in [0.25, 0.3) is 0 Å². The van der Waals surface area contributed by atoms with Gasteiger partial charge in [-0.1, -0.05) is 32.1 Å². The summed E-state index contributed by atoms with van der Waals surface area (Å²) < 4.78 is 0. The summed E-state index contributed by atoms with van der Waals surface area (Å²) in [6.45, 7) is 3.05. The molecule has 2 fully saturated rings. The standard InChI is InChI=1S/C13H26N2O/c16-13(8-4-1-2-5-9-13)12-14-15-10-6-3-7-11-15/h14,16H,1-12H2. The Bertz CT molecular complexity index is 194. The second kappa shape index (κ2) is 5.99. The second-order valence-corrected chi connectivity index (χ2v) is 5.52.